The standard InChI is InChI=1S/C31H38N6O2/c1-22-26(20-35-37(22)29-8-6-24(19-34-29)30(2,3)4)27(38)17-23-5-7-28(33-18-23)31(21-32)11-9-25(10-12-31)36-13-15-39-16-14-36/h5-8,18-20,25H,9-17H2,1-4H3. The second-order valence-corrected chi connectivity index (χ2v) is 11.9. The van der Waals surface area contributed by atoms with E-state index in [1.165, 1.54) is 0 Å². The van der Waals surface area contributed by atoms with Crippen molar-refractivity contribution >= 4 is 5.78 Å². The molecule has 0 atom stereocenters. The first kappa shape index (κ1) is 27.2. The Bertz CT molecular complexity index is 1330. The Kier molecular flexibility index (Phi) is 7.66. The number of hydrogen-bond acceptors (Lipinski definition) is 7. The molecule has 2 aliphatic rings. The summed E-state index contributed by atoms with van der Waals surface area (Å²) in [6.45, 7) is 11.9. The molecule has 1 aliphatic heterocycles. The van der Waals surface area contributed by atoms with Crippen molar-refractivity contribution in [2.24, 2.45) is 0 Å². The normalized spacial score (nSPS) is 22.4. The molecule has 4 heterocycles. The maximum Gasteiger partial charge on any atom is 0.170 e. The first-order chi connectivity index (χ1) is 18.7. The van der Waals surface area contributed by atoms with Crippen LogP contribution in [0.4, 0.5) is 0 Å². The van der Waals surface area contributed by atoms with Crippen molar-refractivity contribution in [1.29, 1.82) is 5.26 Å². The second-order valence-electron chi connectivity index (χ2n) is 11.9. The topological polar surface area (TPSA) is 96.9 Å². The van der Waals surface area contributed by atoms with Crippen LogP contribution >= 0.6 is 0 Å². The van der Waals surface area contributed by atoms with E-state index in [2.05, 4.69) is 47.9 Å². The molecule has 204 valence electrons. The zero-order valence-electron chi connectivity index (χ0n) is 23.5. The van der Waals surface area contributed by atoms with Crippen LogP contribution in [0.2, 0.25) is 0 Å². The van der Waals surface area contributed by atoms with Gasteiger partial charge in [0.2, 0.25) is 0 Å². The fraction of sp³-hybridized carbons (Fsp3) is 0.516. The van der Waals surface area contributed by atoms with Gasteiger partial charge >= 0.3 is 0 Å². The van der Waals surface area contributed by atoms with Crippen molar-refractivity contribution in [1.82, 2.24) is 24.6 Å². The number of morpholine rings is 1. The zero-order valence-corrected chi connectivity index (χ0v) is 23.5. The van der Waals surface area contributed by atoms with Crippen molar-refractivity contribution in [3.05, 3.63) is 70.9 Å². The summed E-state index contributed by atoms with van der Waals surface area (Å²) >= 11 is 0. The van der Waals surface area contributed by atoms with E-state index in [0.717, 1.165) is 74.5 Å². The maximum absolute atomic E-state index is 13.2. The number of ketones is 1. The van der Waals surface area contributed by atoms with Gasteiger partial charge in [0.05, 0.1) is 47.8 Å². The van der Waals surface area contributed by atoms with Gasteiger partial charge in [-0.1, -0.05) is 32.9 Å². The molecule has 0 amide bonds. The number of nitrogens with zero attached hydrogens (tertiary/aromatic N) is 6. The summed E-state index contributed by atoms with van der Waals surface area (Å²) in [6, 6.07) is 11.0. The molecule has 3 aromatic rings. The van der Waals surface area contributed by atoms with Gasteiger partial charge in [0, 0.05) is 37.9 Å². The Labute approximate surface area is 231 Å². The third kappa shape index (κ3) is 5.66. The highest BCUT2D eigenvalue weighted by molar-refractivity contribution is 5.98. The zero-order chi connectivity index (χ0) is 27.6. The SMILES string of the molecule is Cc1c(C(=O)Cc2ccc(C3(C#N)CCC(N4CCOCC4)CC3)nc2)cnn1-c1ccc(C(C)(C)C)cn1. The largest absolute Gasteiger partial charge is 0.379 e. The Morgan fingerprint density at radius 2 is 1.82 bits per heavy atom. The summed E-state index contributed by atoms with van der Waals surface area (Å²) in [5.41, 5.74) is 3.60. The van der Waals surface area contributed by atoms with Crippen molar-refractivity contribution in [2.75, 3.05) is 26.3 Å². The highest BCUT2D eigenvalue weighted by atomic mass is 16.5. The Morgan fingerprint density at radius 1 is 1.08 bits per heavy atom. The molecule has 0 bridgehead atoms. The second kappa shape index (κ2) is 11.0. The molecule has 8 nitrogen and oxygen atoms in total. The minimum absolute atomic E-state index is 0.0133. The highest BCUT2D eigenvalue weighted by Crippen LogP contribution is 2.39. The number of pyridine rings is 2. The minimum Gasteiger partial charge on any atom is -0.379 e. The summed E-state index contributed by atoms with van der Waals surface area (Å²) < 4.78 is 7.21. The molecule has 2 fully saturated rings. The lowest BCUT2D eigenvalue weighted by Crippen LogP contribution is -2.47. The van der Waals surface area contributed by atoms with Gasteiger partial charge < -0.3 is 4.74 Å². The van der Waals surface area contributed by atoms with Crippen LogP contribution in [-0.4, -0.2) is 62.8 Å². The summed E-state index contributed by atoms with van der Waals surface area (Å²) in [6.07, 6.45) is 9.07. The molecule has 0 unspecified atom stereocenters. The van der Waals surface area contributed by atoms with E-state index in [1.807, 2.05) is 31.3 Å². The van der Waals surface area contributed by atoms with Crippen molar-refractivity contribution in [2.45, 2.75) is 76.7 Å². The highest BCUT2D eigenvalue weighted by Gasteiger charge is 2.40. The maximum atomic E-state index is 13.2. The quantitative estimate of drug-likeness (QED) is 0.428. The molecule has 5 rings (SSSR count). The van der Waals surface area contributed by atoms with E-state index >= 15 is 0 Å². The van der Waals surface area contributed by atoms with Crippen molar-refractivity contribution < 1.29 is 9.53 Å². The number of rotatable bonds is 6. The predicted molar refractivity (Wildman–Crippen MR) is 149 cm³/mol. The number of Topliss-reactive ketones (excluding diaryl/α,β-unsaturated/α-hetero) is 1. The van der Waals surface area contributed by atoms with E-state index in [9.17, 15) is 10.1 Å². The summed E-state index contributed by atoms with van der Waals surface area (Å²) in [5.74, 6) is 0.677. The van der Waals surface area contributed by atoms with Crippen LogP contribution in [0.5, 0.6) is 0 Å². The first-order valence-electron chi connectivity index (χ1n) is 13.9. The number of carbonyl (C=O) groups is 1. The molecule has 0 N–H and O–H groups in total. The van der Waals surface area contributed by atoms with E-state index in [1.54, 1.807) is 17.1 Å². The molecule has 8 heteroatoms. The monoisotopic (exact) mass is 526 g/mol. The average molecular weight is 527 g/mol. The Balaban J connectivity index is 1.24. The fourth-order valence-corrected chi connectivity index (χ4v) is 5.79. The number of aromatic nitrogens is 4. The van der Waals surface area contributed by atoms with Crippen LogP contribution in [0.1, 0.15) is 79.3 Å². The Morgan fingerprint density at radius 3 is 2.41 bits per heavy atom. The number of hydrogen-bond donors (Lipinski definition) is 0. The summed E-state index contributed by atoms with van der Waals surface area (Å²) in [5, 5.41) is 14.6. The summed E-state index contributed by atoms with van der Waals surface area (Å²) in [4.78, 5) is 25.0. The van der Waals surface area contributed by atoms with Crippen LogP contribution < -0.4 is 0 Å². The van der Waals surface area contributed by atoms with Crippen LogP contribution in [0.15, 0.2) is 42.9 Å². The molecule has 0 radical (unpaired) electrons. The van der Waals surface area contributed by atoms with Crippen LogP contribution in [-0.2, 0) is 22.0 Å². The van der Waals surface area contributed by atoms with E-state index in [-0.39, 0.29) is 17.6 Å². The smallest absolute Gasteiger partial charge is 0.170 e. The van der Waals surface area contributed by atoms with Crippen LogP contribution in [0.3, 0.4) is 0 Å². The van der Waals surface area contributed by atoms with Gasteiger partial charge in [-0.25, -0.2) is 9.67 Å². The fourth-order valence-electron chi connectivity index (χ4n) is 5.79. The van der Waals surface area contributed by atoms with Gasteiger partial charge in [-0.05, 0) is 61.3 Å². The van der Waals surface area contributed by atoms with E-state index in [4.69, 9.17) is 9.72 Å². The number of carbonyl (C=O) groups excluding carboxylic acids is 1. The molecular formula is C31H38N6O2. The van der Waals surface area contributed by atoms with Gasteiger partial charge in [0.15, 0.2) is 11.6 Å². The molecule has 1 saturated carbocycles. The molecule has 0 spiro atoms. The average Bonchev–Trinajstić information content (AvgIpc) is 3.35. The summed E-state index contributed by atoms with van der Waals surface area (Å²) in [7, 11) is 0. The molecule has 1 aliphatic carbocycles. The molecule has 39 heavy (non-hydrogen) atoms. The van der Waals surface area contributed by atoms with Crippen molar-refractivity contribution in [3.63, 3.8) is 0 Å². The molecular weight excluding hydrogens is 488 g/mol. The minimum atomic E-state index is -0.557. The van der Waals surface area contributed by atoms with Gasteiger partial charge in [-0.15, -0.1) is 0 Å². The third-order valence-electron chi connectivity index (χ3n) is 8.41. The first-order valence-corrected chi connectivity index (χ1v) is 13.9. The van der Waals surface area contributed by atoms with Crippen LogP contribution in [0.25, 0.3) is 5.82 Å². The van der Waals surface area contributed by atoms with Gasteiger partial charge in [-0.2, -0.15) is 10.4 Å². The van der Waals surface area contributed by atoms with Gasteiger partial charge in [0.25, 0.3) is 0 Å². The third-order valence-corrected chi connectivity index (χ3v) is 8.41. The Hall–Kier alpha value is -3.41. The van der Waals surface area contributed by atoms with E-state index in [0.29, 0.717) is 17.4 Å². The lowest BCUT2D eigenvalue weighted by atomic mass is 9.71. The van der Waals surface area contributed by atoms with Gasteiger partial charge in [0.1, 0.15) is 0 Å². The number of ether oxygens (including phenoxy) is 1. The lowest BCUT2D eigenvalue weighted by Gasteiger charge is -2.41. The molecule has 3 aromatic heterocycles. The lowest BCUT2D eigenvalue weighted by molar-refractivity contribution is 0.00493. The van der Waals surface area contributed by atoms with Crippen molar-refractivity contribution in [3.8, 4) is 11.9 Å². The number of nitriles is 1. The predicted octanol–water partition coefficient (Wildman–Crippen LogP) is 4.73. The van der Waals surface area contributed by atoms with E-state index < -0.39 is 5.41 Å². The molecule has 0 aromatic carbocycles. The molecule has 1 saturated heterocycles. The van der Waals surface area contributed by atoms with Crippen LogP contribution in [0, 0.1) is 18.3 Å². The van der Waals surface area contributed by atoms with Gasteiger partial charge in [-0.3, -0.25) is 14.7 Å².